The summed E-state index contributed by atoms with van der Waals surface area (Å²) in [5.74, 6) is -0.894. The van der Waals surface area contributed by atoms with Gasteiger partial charge in [0.25, 0.3) is 0 Å². The van der Waals surface area contributed by atoms with E-state index < -0.39 is 28.5 Å². The lowest BCUT2D eigenvalue weighted by Gasteiger charge is -2.34. The monoisotopic (exact) mass is 667 g/mol. The Bertz CT molecular complexity index is 1440. The minimum absolute atomic E-state index is 0.0740. The first-order chi connectivity index (χ1) is 18.9. The Labute approximate surface area is 254 Å². The van der Waals surface area contributed by atoms with Crippen LogP contribution >= 0.6 is 39.1 Å². The molecular weight excluding hydrogens is 637 g/mol. The fourth-order valence-electron chi connectivity index (χ4n) is 4.10. The molecule has 3 rings (SSSR count). The van der Waals surface area contributed by atoms with Crippen molar-refractivity contribution in [2.24, 2.45) is 0 Å². The van der Waals surface area contributed by atoms with Gasteiger partial charge < -0.3 is 10.2 Å². The van der Waals surface area contributed by atoms with Gasteiger partial charge in [-0.2, -0.15) is 0 Å². The van der Waals surface area contributed by atoms with E-state index in [2.05, 4.69) is 21.2 Å². The van der Waals surface area contributed by atoms with Gasteiger partial charge in [0, 0.05) is 28.5 Å². The van der Waals surface area contributed by atoms with E-state index in [9.17, 15) is 18.0 Å². The standard InChI is InChI=1S/C29H32BrCl2N3O4S/c1-4-20(2)33-29(37)27(16-21-9-6-5-7-10-21)34(18-22-11-8-12-23(30)15-22)28(36)19-35(40(3,38)39)26-17-24(31)13-14-25(26)32/h5-15,17,20,27H,4,16,18-19H2,1-3H3,(H,33,37)/t20-,27+/m1/s1. The third-order valence-corrected chi connectivity index (χ3v) is 8.54. The first-order valence-electron chi connectivity index (χ1n) is 12.7. The van der Waals surface area contributed by atoms with Gasteiger partial charge in [0.15, 0.2) is 0 Å². The van der Waals surface area contributed by atoms with Crippen molar-refractivity contribution in [3.05, 3.63) is 98.4 Å². The van der Waals surface area contributed by atoms with Crippen LogP contribution in [0.2, 0.25) is 10.0 Å². The molecular formula is C29H32BrCl2N3O4S. The van der Waals surface area contributed by atoms with Crippen molar-refractivity contribution < 1.29 is 18.0 Å². The maximum absolute atomic E-state index is 14.1. The molecule has 2 amide bonds. The van der Waals surface area contributed by atoms with Crippen LogP contribution in [-0.4, -0.2) is 50.0 Å². The van der Waals surface area contributed by atoms with E-state index in [0.717, 1.165) is 26.2 Å². The maximum atomic E-state index is 14.1. The molecule has 2 atom stereocenters. The molecule has 0 bridgehead atoms. The number of halogens is 3. The number of hydrogen-bond acceptors (Lipinski definition) is 4. The highest BCUT2D eigenvalue weighted by Gasteiger charge is 2.34. The number of rotatable bonds is 12. The Kier molecular flexibility index (Phi) is 11.5. The number of hydrogen-bond donors (Lipinski definition) is 1. The van der Waals surface area contributed by atoms with Gasteiger partial charge in [0.1, 0.15) is 12.6 Å². The smallest absolute Gasteiger partial charge is 0.244 e. The zero-order valence-corrected chi connectivity index (χ0v) is 26.4. The molecule has 0 aliphatic rings. The maximum Gasteiger partial charge on any atom is 0.244 e. The van der Waals surface area contributed by atoms with E-state index in [-0.39, 0.29) is 40.6 Å². The van der Waals surface area contributed by atoms with Crippen molar-refractivity contribution in [2.75, 3.05) is 17.1 Å². The quantitative estimate of drug-likeness (QED) is 0.254. The summed E-state index contributed by atoms with van der Waals surface area (Å²) in [4.78, 5) is 29.2. The summed E-state index contributed by atoms with van der Waals surface area (Å²) in [7, 11) is -3.96. The van der Waals surface area contributed by atoms with Gasteiger partial charge in [0.05, 0.1) is 17.0 Å². The summed E-state index contributed by atoms with van der Waals surface area (Å²) >= 11 is 16.0. The largest absolute Gasteiger partial charge is 0.352 e. The van der Waals surface area contributed by atoms with Crippen molar-refractivity contribution >= 4 is 66.7 Å². The molecule has 0 saturated carbocycles. The Morgan fingerprint density at radius 2 is 1.65 bits per heavy atom. The second kappa shape index (κ2) is 14.3. The zero-order chi connectivity index (χ0) is 29.4. The second-order valence-corrected chi connectivity index (χ2v) is 13.2. The minimum Gasteiger partial charge on any atom is -0.352 e. The lowest BCUT2D eigenvalue weighted by molar-refractivity contribution is -0.140. The molecule has 0 aliphatic carbocycles. The first-order valence-corrected chi connectivity index (χ1v) is 16.1. The highest BCUT2D eigenvalue weighted by molar-refractivity contribution is 9.10. The van der Waals surface area contributed by atoms with Crippen LogP contribution in [0.4, 0.5) is 5.69 Å². The molecule has 3 aromatic rings. The van der Waals surface area contributed by atoms with Gasteiger partial charge in [0.2, 0.25) is 21.8 Å². The SMILES string of the molecule is CC[C@@H](C)NC(=O)[C@H](Cc1ccccc1)N(Cc1cccc(Br)c1)C(=O)CN(c1cc(Cl)ccc1Cl)S(C)(=O)=O. The summed E-state index contributed by atoms with van der Waals surface area (Å²) in [5.41, 5.74) is 1.71. The van der Waals surface area contributed by atoms with E-state index in [4.69, 9.17) is 23.2 Å². The van der Waals surface area contributed by atoms with E-state index in [0.29, 0.717) is 6.42 Å². The fraction of sp³-hybridized carbons (Fsp3) is 0.310. The lowest BCUT2D eigenvalue weighted by atomic mass is 10.0. The van der Waals surface area contributed by atoms with Crippen LogP contribution in [0.25, 0.3) is 0 Å². The van der Waals surface area contributed by atoms with E-state index in [1.807, 2.05) is 68.4 Å². The Morgan fingerprint density at radius 1 is 0.975 bits per heavy atom. The summed E-state index contributed by atoms with van der Waals surface area (Å²) < 4.78 is 27.5. The molecule has 0 saturated heterocycles. The van der Waals surface area contributed by atoms with Crippen LogP contribution in [0.5, 0.6) is 0 Å². The number of carbonyl (C=O) groups is 2. The summed E-state index contributed by atoms with van der Waals surface area (Å²) in [6.07, 6.45) is 1.94. The van der Waals surface area contributed by atoms with Gasteiger partial charge in [-0.05, 0) is 54.8 Å². The topological polar surface area (TPSA) is 86.8 Å². The van der Waals surface area contributed by atoms with Crippen molar-refractivity contribution in [1.29, 1.82) is 0 Å². The molecule has 0 spiro atoms. The van der Waals surface area contributed by atoms with Gasteiger partial charge in [-0.15, -0.1) is 0 Å². The van der Waals surface area contributed by atoms with Crippen molar-refractivity contribution in [1.82, 2.24) is 10.2 Å². The third-order valence-electron chi connectivity index (χ3n) is 6.37. The molecule has 0 radical (unpaired) electrons. The number of nitrogens with one attached hydrogen (secondary N) is 1. The normalized spacial score (nSPS) is 12.8. The molecule has 0 heterocycles. The molecule has 1 N–H and O–H groups in total. The van der Waals surface area contributed by atoms with Crippen LogP contribution in [0.15, 0.2) is 77.3 Å². The highest BCUT2D eigenvalue weighted by Crippen LogP contribution is 2.31. The minimum atomic E-state index is -3.96. The van der Waals surface area contributed by atoms with E-state index in [1.54, 1.807) is 0 Å². The summed E-state index contributed by atoms with van der Waals surface area (Å²) in [5, 5.41) is 3.39. The van der Waals surface area contributed by atoms with E-state index in [1.165, 1.54) is 23.1 Å². The van der Waals surface area contributed by atoms with Gasteiger partial charge in [-0.25, -0.2) is 8.42 Å². The zero-order valence-electron chi connectivity index (χ0n) is 22.5. The highest BCUT2D eigenvalue weighted by atomic mass is 79.9. The first kappa shape index (κ1) is 31.9. The van der Waals surface area contributed by atoms with Crippen LogP contribution in [0, 0.1) is 0 Å². The third kappa shape index (κ3) is 8.96. The molecule has 0 aromatic heterocycles. The predicted octanol–water partition coefficient (Wildman–Crippen LogP) is 6.08. The fourth-order valence-corrected chi connectivity index (χ4v) is 5.83. The molecule has 40 heavy (non-hydrogen) atoms. The van der Waals surface area contributed by atoms with Crippen LogP contribution in [0.1, 0.15) is 31.4 Å². The number of anilines is 1. The van der Waals surface area contributed by atoms with Gasteiger partial charge in [-0.1, -0.05) is 88.5 Å². The number of carbonyl (C=O) groups excluding carboxylic acids is 2. The van der Waals surface area contributed by atoms with Crippen molar-refractivity contribution in [3.63, 3.8) is 0 Å². The Balaban J connectivity index is 2.09. The molecule has 214 valence electrons. The molecule has 3 aromatic carbocycles. The molecule has 7 nitrogen and oxygen atoms in total. The lowest BCUT2D eigenvalue weighted by Crippen LogP contribution is -2.54. The molecule has 0 unspecified atom stereocenters. The predicted molar refractivity (Wildman–Crippen MR) is 165 cm³/mol. The summed E-state index contributed by atoms with van der Waals surface area (Å²) in [6, 6.07) is 20.1. The van der Waals surface area contributed by atoms with Crippen LogP contribution in [0.3, 0.4) is 0 Å². The average molecular weight is 669 g/mol. The van der Waals surface area contributed by atoms with Crippen LogP contribution in [-0.2, 0) is 32.6 Å². The Hall–Kier alpha value is -2.59. The number of amides is 2. The second-order valence-electron chi connectivity index (χ2n) is 9.54. The molecule has 0 fully saturated rings. The Morgan fingerprint density at radius 3 is 2.27 bits per heavy atom. The van der Waals surface area contributed by atoms with Crippen molar-refractivity contribution in [2.45, 2.75) is 45.3 Å². The summed E-state index contributed by atoms with van der Waals surface area (Å²) in [6.45, 7) is 3.35. The molecule has 0 aliphatic heterocycles. The number of nitrogens with zero attached hydrogens (tertiary/aromatic N) is 2. The molecule has 11 heteroatoms. The average Bonchev–Trinajstić information content (AvgIpc) is 2.90. The van der Waals surface area contributed by atoms with Crippen molar-refractivity contribution in [3.8, 4) is 0 Å². The number of benzene rings is 3. The van der Waals surface area contributed by atoms with Gasteiger partial charge in [-0.3, -0.25) is 13.9 Å². The number of sulfonamides is 1. The van der Waals surface area contributed by atoms with Crippen LogP contribution < -0.4 is 9.62 Å². The van der Waals surface area contributed by atoms with E-state index >= 15 is 0 Å². The van der Waals surface area contributed by atoms with Gasteiger partial charge >= 0.3 is 0 Å².